The van der Waals surface area contributed by atoms with Crippen molar-refractivity contribution in [3.05, 3.63) is 0 Å². The maximum atomic E-state index is 9.40. The molecular formula is C7H15NO5. The molecule has 1 saturated heterocycles. The number of aliphatic hydroxyl groups is 3. The predicted molar refractivity (Wildman–Crippen MR) is 42.7 cm³/mol. The Labute approximate surface area is 75.9 Å². The molecule has 1 heterocycles. The van der Waals surface area contributed by atoms with E-state index in [9.17, 15) is 10.2 Å². The van der Waals surface area contributed by atoms with Crippen molar-refractivity contribution < 1.29 is 24.8 Å². The summed E-state index contributed by atoms with van der Waals surface area (Å²) < 4.78 is 9.90. The molecule has 0 aliphatic carbocycles. The number of rotatable bonds is 2. The molecular weight excluding hydrogens is 178 g/mol. The Bertz CT molecular complexity index is 147. The van der Waals surface area contributed by atoms with Gasteiger partial charge in [-0.1, -0.05) is 0 Å². The zero-order valence-corrected chi connectivity index (χ0v) is 7.33. The van der Waals surface area contributed by atoms with Gasteiger partial charge in [0.1, 0.15) is 18.3 Å². The topological polar surface area (TPSA) is 105 Å². The lowest BCUT2D eigenvalue weighted by atomic mass is 9.98. The van der Waals surface area contributed by atoms with Gasteiger partial charge < -0.3 is 30.5 Å². The lowest BCUT2D eigenvalue weighted by Crippen LogP contribution is -2.62. The summed E-state index contributed by atoms with van der Waals surface area (Å²) in [5, 5.41) is 27.5. The monoisotopic (exact) mass is 193 g/mol. The lowest BCUT2D eigenvalue weighted by Gasteiger charge is -2.39. The van der Waals surface area contributed by atoms with Crippen LogP contribution in [-0.2, 0) is 9.47 Å². The molecule has 1 fully saturated rings. The van der Waals surface area contributed by atoms with Crippen molar-refractivity contribution in [3.8, 4) is 0 Å². The predicted octanol–water partition coefficient (Wildman–Crippen LogP) is -2.60. The van der Waals surface area contributed by atoms with Crippen molar-refractivity contribution in [1.29, 1.82) is 0 Å². The Morgan fingerprint density at radius 2 is 2.00 bits per heavy atom. The van der Waals surface area contributed by atoms with Crippen LogP contribution in [0.25, 0.3) is 0 Å². The third kappa shape index (κ3) is 1.98. The van der Waals surface area contributed by atoms with E-state index in [0.29, 0.717) is 0 Å². The van der Waals surface area contributed by atoms with E-state index in [4.69, 9.17) is 20.3 Å². The van der Waals surface area contributed by atoms with Crippen molar-refractivity contribution >= 4 is 0 Å². The summed E-state index contributed by atoms with van der Waals surface area (Å²) in [6, 6.07) is -0.803. The van der Waals surface area contributed by atoms with Gasteiger partial charge in [-0.05, 0) is 0 Å². The van der Waals surface area contributed by atoms with Crippen molar-refractivity contribution in [2.75, 3.05) is 13.7 Å². The van der Waals surface area contributed by atoms with E-state index >= 15 is 0 Å². The first-order valence-corrected chi connectivity index (χ1v) is 4.02. The molecule has 1 aliphatic rings. The number of hydrogen-bond donors (Lipinski definition) is 4. The van der Waals surface area contributed by atoms with E-state index in [1.165, 1.54) is 7.11 Å². The molecule has 6 heteroatoms. The zero-order chi connectivity index (χ0) is 10.0. The first-order valence-electron chi connectivity index (χ1n) is 4.02. The summed E-state index contributed by atoms with van der Waals surface area (Å²) in [6.45, 7) is -0.384. The Balaban J connectivity index is 2.66. The molecule has 5 N–H and O–H groups in total. The van der Waals surface area contributed by atoms with Gasteiger partial charge in [0.2, 0.25) is 0 Å². The maximum absolute atomic E-state index is 9.40. The maximum Gasteiger partial charge on any atom is 0.175 e. The van der Waals surface area contributed by atoms with Crippen LogP contribution in [0.5, 0.6) is 0 Å². The van der Waals surface area contributed by atoms with Gasteiger partial charge in [0.25, 0.3) is 0 Å². The van der Waals surface area contributed by atoms with Gasteiger partial charge in [0.15, 0.2) is 6.29 Å². The van der Waals surface area contributed by atoms with E-state index in [1.807, 2.05) is 0 Å². The Kier molecular flexibility index (Phi) is 3.60. The van der Waals surface area contributed by atoms with E-state index in [0.717, 1.165) is 0 Å². The fraction of sp³-hybridized carbons (Fsp3) is 1.00. The third-order valence-electron chi connectivity index (χ3n) is 2.16. The standard InChI is InChI=1S/C7H15NO5/c1-12-7-4(8)6(11)5(10)3(2-9)13-7/h3-7,9-11H,2,8H2,1H3/t3?,4?,5-,6?,7+/m0/s1. The Morgan fingerprint density at radius 3 is 2.46 bits per heavy atom. The third-order valence-corrected chi connectivity index (χ3v) is 2.16. The highest BCUT2D eigenvalue weighted by Gasteiger charge is 2.42. The van der Waals surface area contributed by atoms with Crippen LogP contribution in [-0.4, -0.2) is 59.7 Å². The minimum atomic E-state index is -1.17. The van der Waals surface area contributed by atoms with Crippen molar-refractivity contribution in [1.82, 2.24) is 0 Å². The molecule has 0 radical (unpaired) electrons. The van der Waals surface area contributed by atoms with Crippen molar-refractivity contribution in [2.24, 2.45) is 5.73 Å². The second-order valence-electron chi connectivity index (χ2n) is 3.02. The molecule has 0 aromatic rings. The molecule has 5 atom stereocenters. The van der Waals surface area contributed by atoms with Crippen LogP contribution < -0.4 is 5.73 Å². The second kappa shape index (κ2) is 4.32. The SMILES string of the molecule is CO[C@@H]1OC(CO)[C@H](O)C(O)C1N. The molecule has 78 valence electrons. The zero-order valence-electron chi connectivity index (χ0n) is 7.33. The minimum absolute atomic E-state index is 0.384. The van der Waals surface area contributed by atoms with Crippen molar-refractivity contribution in [3.63, 3.8) is 0 Å². The second-order valence-corrected chi connectivity index (χ2v) is 3.02. The van der Waals surface area contributed by atoms with Gasteiger partial charge in [-0.3, -0.25) is 0 Å². The molecule has 3 unspecified atom stereocenters. The summed E-state index contributed by atoms with van der Waals surface area (Å²) >= 11 is 0. The molecule has 1 aliphatic heterocycles. The van der Waals surface area contributed by atoms with Crippen LogP contribution >= 0.6 is 0 Å². The highest BCUT2D eigenvalue weighted by atomic mass is 16.7. The lowest BCUT2D eigenvalue weighted by molar-refractivity contribution is -0.257. The minimum Gasteiger partial charge on any atom is -0.394 e. The molecule has 0 spiro atoms. The molecule has 1 rings (SSSR count). The Morgan fingerprint density at radius 1 is 1.38 bits per heavy atom. The smallest absolute Gasteiger partial charge is 0.175 e. The van der Waals surface area contributed by atoms with E-state index in [-0.39, 0.29) is 6.61 Å². The van der Waals surface area contributed by atoms with Gasteiger partial charge >= 0.3 is 0 Å². The van der Waals surface area contributed by atoms with Crippen LogP contribution in [0.2, 0.25) is 0 Å². The summed E-state index contributed by atoms with van der Waals surface area (Å²) in [7, 11) is 1.38. The molecule has 0 aromatic carbocycles. The average Bonchev–Trinajstić information content (AvgIpc) is 2.15. The van der Waals surface area contributed by atoms with Gasteiger partial charge in [-0.25, -0.2) is 0 Å². The highest BCUT2D eigenvalue weighted by Crippen LogP contribution is 2.19. The van der Waals surface area contributed by atoms with Crippen LogP contribution in [0.1, 0.15) is 0 Å². The molecule has 0 aromatic heterocycles. The van der Waals surface area contributed by atoms with Crippen LogP contribution in [0.3, 0.4) is 0 Å². The van der Waals surface area contributed by atoms with E-state index in [1.54, 1.807) is 0 Å². The Hall–Kier alpha value is -0.240. The number of methoxy groups -OCH3 is 1. The molecule has 0 bridgehead atoms. The van der Waals surface area contributed by atoms with Gasteiger partial charge in [0, 0.05) is 7.11 Å². The number of aliphatic hydroxyl groups excluding tert-OH is 3. The molecule has 0 amide bonds. The van der Waals surface area contributed by atoms with Crippen LogP contribution in [0.4, 0.5) is 0 Å². The molecule has 13 heavy (non-hydrogen) atoms. The van der Waals surface area contributed by atoms with Gasteiger partial charge in [0.05, 0.1) is 12.6 Å². The number of hydrogen-bond acceptors (Lipinski definition) is 6. The van der Waals surface area contributed by atoms with Crippen LogP contribution in [0, 0.1) is 0 Å². The molecule has 6 nitrogen and oxygen atoms in total. The number of nitrogens with two attached hydrogens (primary N) is 1. The summed E-state index contributed by atoms with van der Waals surface area (Å²) in [6.07, 6.45) is -3.96. The van der Waals surface area contributed by atoms with E-state index in [2.05, 4.69) is 0 Å². The normalized spacial score (nSPS) is 46.4. The molecule has 0 saturated carbocycles. The van der Waals surface area contributed by atoms with Gasteiger partial charge in [-0.15, -0.1) is 0 Å². The highest BCUT2D eigenvalue weighted by molar-refractivity contribution is 4.91. The average molecular weight is 193 g/mol. The number of ether oxygens (including phenoxy) is 2. The summed E-state index contributed by atoms with van der Waals surface area (Å²) in [5.74, 6) is 0. The summed E-state index contributed by atoms with van der Waals surface area (Å²) in [5.41, 5.74) is 5.50. The van der Waals surface area contributed by atoms with Gasteiger partial charge in [-0.2, -0.15) is 0 Å². The van der Waals surface area contributed by atoms with Crippen molar-refractivity contribution in [2.45, 2.75) is 30.6 Å². The fourth-order valence-corrected chi connectivity index (χ4v) is 1.32. The first-order chi connectivity index (χ1) is 6.11. The summed E-state index contributed by atoms with van der Waals surface area (Å²) in [4.78, 5) is 0. The largest absolute Gasteiger partial charge is 0.394 e. The first kappa shape index (κ1) is 10.8. The van der Waals surface area contributed by atoms with Crippen LogP contribution in [0.15, 0.2) is 0 Å². The quantitative estimate of drug-likeness (QED) is 0.383. The van der Waals surface area contributed by atoms with E-state index < -0.39 is 30.6 Å². The fourth-order valence-electron chi connectivity index (χ4n) is 1.32.